The van der Waals surface area contributed by atoms with E-state index in [1.54, 1.807) is 0 Å². The van der Waals surface area contributed by atoms with Crippen molar-refractivity contribution >= 4 is 23.3 Å². The largest absolute Gasteiger partial charge is 0.458 e. The van der Waals surface area contributed by atoms with Gasteiger partial charge in [0, 0.05) is 0 Å². The van der Waals surface area contributed by atoms with Crippen molar-refractivity contribution in [1.82, 2.24) is 0 Å². The van der Waals surface area contributed by atoms with E-state index in [0.717, 1.165) is 0 Å². The first-order valence-corrected chi connectivity index (χ1v) is 5.99. The third kappa shape index (κ3) is 3.67. The summed E-state index contributed by atoms with van der Waals surface area (Å²) in [6.45, 7) is 2.79. The Bertz CT molecular complexity index is 575. The number of carbonyl (C=O) groups is 1. The molecule has 0 heterocycles. The SMILES string of the molecule is CCOC(=O)/C(=C(/C)Nc1cccc(Cl)c1F)[N+](=O)[O-]. The van der Waals surface area contributed by atoms with Crippen LogP contribution in [0.4, 0.5) is 10.1 Å². The molecule has 0 aliphatic carbocycles. The predicted molar refractivity (Wildman–Crippen MR) is 71.4 cm³/mol. The topological polar surface area (TPSA) is 81.5 Å². The molecule has 0 saturated heterocycles. The van der Waals surface area contributed by atoms with Crippen LogP contribution in [0.5, 0.6) is 0 Å². The van der Waals surface area contributed by atoms with Gasteiger partial charge in [0.05, 0.1) is 27.9 Å². The minimum atomic E-state index is -1.09. The molecule has 1 N–H and O–H groups in total. The van der Waals surface area contributed by atoms with Crippen LogP contribution in [0.1, 0.15) is 13.8 Å². The molecular weight excluding hydrogens is 291 g/mol. The molecular formula is C12H12ClFN2O4. The molecule has 108 valence electrons. The minimum Gasteiger partial charge on any atom is -0.458 e. The summed E-state index contributed by atoms with van der Waals surface area (Å²) in [5, 5.41) is 13.2. The maximum absolute atomic E-state index is 13.7. The molecule has 0 aliphatic heterocycles. The molecule has 1 aromatic rings. The number of nitro groups is 1. The van der Waals surface area contributed by atoms with E-state index in [-0.39, 0.29) is 23.0 Å². The van der Waals surface area contributed by atoms with Gasteiger partial charge >= 0.3 is 11.7 Å². The lowest BCUT2D eigenvalue weighted by Crippen LogP contribution is -2.19. The van der Waals surface area contributed by atoms with E-state index in [4.69, 9.17) is 11.6 Å². The van der Waals surface area contributed by atoms with Crippen molar-refractivity contribution in [2.75, 3.05) is 11.9 Å². The molecule has 0 spiro atoms. The van der Waals surface area contributed by atoms with Crippen LogP contribution in [0, 0.1) is 15.9 Å². The highest BCUT2D eigenvalue weighted by Gasteiger charge is 2.27. The summed E-state index contributed by atoms with van der Waals surface area (Å²) < 4.78 is 18.3. The van der Waals surface area contributed by atoms with Crippen LogP contribution in [0.2, 0.25) is 5.02 Å². The molecule has 6 nitrogen and oxygen atoms in total. The summed E-state index contributed by atoms with van der Waals surface area (Å²) >= 11 is 5.60. The Labute approximate surface area is 119 Å². The summed E-state index contributed by atoms with van der Waals surface area (Å²) in [6.07, 6.45) is 0. The lowest BCUT2D eigenvalue weighted by molar-refractivity contribution is -0.422. The van der Waals surface area contributed by atoms with Gasteiger partial charge in [0.1, 0.15) is 0 Å². The van der Waals surface area contributed by atoms with Crippen LogP contribution in [0.3, 0.4) is 0 Å². The van der Waals surface area contributed by atoms with Gasteiger partial charge in [-0.25, -0.2) is 9.18 Å². The van der Waals surface area contributed by atoms with Gasteiger partial charge in [-0.15, -0.1) is 0 Å². The van der Waals surface area contributed by atoms with Gasteiger partial charge in [0.15, 0.2) is 5.82 Å². The number of carbonyl (C=O) groups excluding carboxylic acids is 1. The maximum atomic E-state index is 13.7. The quantitative estimate of drug-likeness (QED) is 0.391. The summed E-state index contributed by atoms with van der Waals surface area (Å²) in [4.78, 5) is 21.5. The van der Waals surface area contributed by atoms with Crippen molar-refractivity contribution in [3.8, 4) is 0 Å². The Morgan fingerprint density at radius 2 is 2.20 bits per heavy atom. The van der Waals surface area contributed by atoms with Crippen LogP contribution < -0.4 is 5.32 Å². The molecule has 8 heteroatoms. The first kappa shape index (κ1) is 15.9. The molecule has 0 amide bonds. The average molecular weight is 303 g/mol. The minimum absolute atomic E-state index is 0.00498. The van der Waals surface area contributed by atoms with Gasteiger partial charge in [0.2, 0.25) is 0 Å². The summed E-state index contributed by atoms with van der Waals surface area (Å²) in [5.41, 5.74) is -1.00. The van der Waals surface area contributed by atoms with E-state index in [0.29, 0.717) is 0 Å². The van der Waals surface area contributed by atoms with Crippen LogP contribution in [0.15, 0.2) is 29.6 Å². The summed E-state index contributed by atoms with van der Waals surface area (Å²) in [5.74, 6) is -1.86. The Kier molecular flexibility index (Phi) is 5.45. The highest BCUT2D eigenvalue weighted by molar-refractivity contribution is 6.31. The Hall–Kier alpha value is -2.15. The fraction of sp³-hybridized carbons (Fsp3) is 0.250. The highest BCUT2D eigenvalue weighted by atomic mass is 35.5. The first-order chi connectivity index (χ1) is 9.38. The molecule has 0 saturated carbocycles. The Balaban J connectivity index is 3.14. The molecule has 0 atom stereocenters. The van der Waals surface area contributed by atoms with E-state index in [1.807, 2.05) is 0 Å². The Morgan fingerprint density at radius 3 is 2.75 bits per heavy atom. The molecule has 0 unspecified atom stereocenters. The third-order valence-corrected chi connectivity index (χ3v) is 2.57. The van der Waals surface area contributed by atoms with Gasteiger partial charge in [-0.2, -0.15) is 0 Å². The van der Waals surface area contributed by atoms with Crippen molar-refractivity contribution < 1.29 is 18.8 Å². The summed E-state index contributed by atoms with van der Waals surface area (Å²) in [7, 11) is 0. The van der Waals surface area contributed by atoms with Gasteiger partial charge in [0.25, 0.3) is 0 Å². The molecule has 0 bridgehead atoms. The number of nitrogens with zero attached hydrogens (tertiary/aromatic N) is 1. The lowest BCUT2D eigenvalue weighted by atomic mass is 10.2. The Morgan fingerprint density at radius 1 is 1.55 bits per heavy atom. The molecule has 0 aliphatic rings. The third-order valence-electron chi connectivity index (χ3n) is 2.28. The van der Waals surface area contributed by atoms with Gasteiger partial charge in [-0.05, 0) is 26.0 Å². The number of benzene rings is 1. The average Bonchev–Trinajstić information content (AvgIpc) is 2.35. The zero-order valence-corrected chi connectivity index (χ0v) is 11.5. The molecule has 1 aromatic carbocycles. The first-order valence-electron chi connectivity index (χ1n) is 5.61. The number of ether oxygens (including phenoxy) is 1. The second-order valence-electron chi connectivity index (χ2n) is 3.68. The summed E-state index contributed by atoms with van der Waals surface area (Å²) in [6, 6.07) is 4.14. The van der Waals surface area contributed by atoms with E-state index in [2.05, 4.69) is 10.1 Å². The number of hydrogen-bond donors (Lipinski definition) is 1. The van der Waals surface area contributed by atoms with Gasteiger partial charge < -0.3 is 10.1 Å². The number of nitrogens with one attached hydrogen (secondary N) is 1. The molecule has 1 rings (SSSR count). The predicted octanol–water partition coefficient (Wildman–Crippen LogP) is 2.96. The van der Waals surface area contributed by atoms with Crippen LogP contribution >= 0.6 is 11.6 Å². The van der Waals surface area contributed by atoms with Crippen molar-refractivity contribution in [1.29, 1.82) is 0 Å². The zero-order chi connectivity index (χ0) is 15.3. The van der Waals surface area contributed by atoms with Crippen LogP contribution in [-0.4, -0.2) is 17.5 Å². The van der Waals surface area contributed by atoms with Gasteiger partial charge in [-0.3, -0.25) is 10.1 Å². The fourth-order valence-corrected chi connectivity index (χ4v) is 1.60. The van der Waals surface area contributed by atoms with E-state index < -0.39 is 22.4 Å². The van der Waals surface area contributed by atoms with Crippen LogP contribution in [0.25, 0.3) is 0 Å². The van der Waals surface area contributed by atoms with Crippen molar-refractivity contribution in [3.63, 3.8) is 0 Å². The molecule has 0 aromatic heterocycles. The number of allylic oxidation sites excluding steroid dienone is 1. The van der Waals surface area contributed by atoms with Crippen molar-refractivity contribution in [3.05, 3.63) is 50.5 Å². The van der Waals surface area contributed by atoms with Crippen molar-refractivity contribution in [2.45, 2.75) is 13.8 Å². The van der Waals surface area contributed by atoms with E-state index in [1.165, 1.54) is 32.0 Å². The van der Waals surface area contributed by atoms with Crippen LogP contribution in [-0.2, 0) is 9.53 Å². The van der Waals surface area contributed by atoms with E-state index >= 15 is 0 Å². The standard InChI is InChI=1S/C12H12ClFN2O4/c1-3-20-12(17)11(16(18)19)7(2)15-9-6-4-5-8(13)10(9)14/h4-6,15H,3H2,1-2H3/b11-7+. The molecule has 0 fully saturated rings. The lowest BCUT2D eigenvalue weighted by Gasteiger charge is -2.09. The second-order valence-corrected chi connectivity index (χ2v) is 4.08. The monoisotopic (exact) mass is 302 g/mol. The number of esters is 1. The molecule has 0 radical (unpaired) electrons. The second kappa shape index (κ2) is 6.85. The number of halogens is 2. The zero-order valence-electron chi connectivity index (χ0n) is 10.8. The number of rotatable bonds is 5. The number of hydrogen-bond acceptors (Lipinski definition) is 5. The van der Waals surface area contributed by atoms with Crippen molar-refractivity contribution in [2.24, 2.45) is 0 Å². The smallest absolute Gasteiger partial charge is 0.411 e. The van der Waals surface area contributed by atoms with Gasteiger partial charge in [-0.1, -0.05) is 17.7 Å². The maximum Gasteiger partial charge on any atom is 0.411 e. The highest BCUT2D eigenvalue weighted by Crippen LogP contribution is 2.24. The normalized spacial score (nSPS) is 11.6. The molecule has 20 heavy (non-hydrogen) atoms. The van der Waals surface area contributed by atoms with E-state index in [9.17, 15) is 19.3 Å². The fourth-order valence-electron chi connectivity index (χ4n) is 1.43. The number of anilines is 1.